The number of carbonyl (C=O) groups is 1. The highest BCUT2D eigenvalue weighted by Gasteiger charge is 2.18. The fraction of sp³-hybridized carbons (Fsp3) is 0.741. The van der Waals surface area contributed by atoms with Crippen LogP contribution in [0.2, 0.25) is 0 Å². The summed E-state index contributed by atoms with van der Waals surface area (Å²) in [5.41, 5.74) is 0.967. The van der Waals surface area contributed by atoms with Crippen molar-refractivity contribution in [2.75, 3.05) is 19.6 Å². The third-order valence-corrected chi connectivity index (χ3v) is 7.32. The Kier molecular flexibility index (Phi) is 9.24. The number of aryl methyl sites for hydroxylation is 1. The molecule has 1 aromatic rings. The Bertz CT molecular complexity index is 791. The number of ketones is 1. The van der Waals surface area contributed by atoms with E-state index >= 15 is 0 Å². The van der Waals surface area contributed by atoms with Crippen LogP contribution in [-0.4, -0.2) is 34.9 Å². The number of hydrogen-bond donors (Lipinski definition) is 0. The van der Waals surface area contributed by atoms with Gasteiger partial charge >= 0.3 is 0 Å². The molecular weight excluding hydrogens is 368 g/mol. The molecule has 0 N–H and O–H groups in total. The van der Waals surface area contributed by atoms with E-state index in [0.717, 1.165) is 37.3 Å². The predicted octanol–water partition coefficient (Wildman–Crippen LogP) is 5.14. The largest absolute Gasteiger partial charge is 0.347 e. The van der Waals surface area contributed by atoms with Gasteiger partial charge in [-0.2, -0.15) is 0 Å². The molecule has 3 rings (SSSR count). The molecule has 1 fully saturated rings. The van der Waals surface area contributed by atoms with E-state index < -0.39 is 0 Å². The number of unbranched alkanes of at least 4 members (excludes halogenated alkanes) is 1. The van der Waals surface area contributed by atoms with Gasteiger partial charge in [-0.15, -0.1) is 0 Å². The lowest BCUT2D eigenvalue weighted by Gasteiger charge is -2.20. The van der Waals surface area contributed by atoms with Crippen LogP contribution >= 0.6 is 0 Å². The minimum absolute atomic E-state index is 0.330. The van der Waals surface area contributed by atoms with Gasteiger partial charge in [0.2, 0.25) is 0 Å². The molecule has 3 heteroatoms. The second-order valence-electron chi connectivity index (χ2n) is 9.80. The second-order valence-corrected chi connectivity index (χ2v) is 9.80. The monoisotopic (exact) mass is 412 g/mol. The molecule has 30 heavy (non-hydrogen) atoms. The smallest absolute Gasteiger partial charge is 0.165 e. The quantitative estimate of drug-likeness (QED) is 0.470. The highest BCUT2D eigenvalue weighted by atomic mass is 16.1. The molecule has 2 unspecified atom stereocenters. The first-order valence-electron chi connectivity index (χ1n) is 12.8. The molecule has 0 radical (unpaired) electrons. The third-order valence-electron chi connectivity index (χ3n) is 7.32. The fourth-order valence-corrected chi connectivity index (χ4v) is 5.15. The normalized spacial score (nSPS) is 20.7. The highest BCUT2D eigenvalue weighted by molar-refractivity contribution is 5.96. The van der Waals surface area contributed by atoms with E-state index in [1.807, 2.05) is 0 Å². The Labute approximate surface area is 184 Å². The molecule has 2 atom stereocenters. The van der Waals surface area contributed by atoms with Gasteiger partial charge in [-0.3, -0.25) is 4.79 Å². The van der Waals surface area contributed by atoms with E-state index in [0.29, 0.717) is 18.1 Å². The summed E-state index contributed by atoms with van der Waals surface area (Å²) in [6, 6.07) is 0. The van der Waals surface area contributed by atoms with Crippen molar-refractivity contribution in [3.63, 3.8) is 0 Å². The van der Waals surface area contributed by atoms with Crippen LogP contribution in [0.1, 0.15) is 102 Å². The topological polar surface area (TPSA) is 25.2 Å². The van der Waals surface area contributed by atoms with Gasteiger partial charge in [-0.05, 0) is 70.0 Å². The van der Waals surface area contributed by atoms with Crippen LogP contribution in [0.3, 0.4) is 0 Å². The van der Waals surface area contributed by atoms with E-state index in [-0.39, 0.29) is 0 Å². The van der Waals surface area contributed by atoms with E-state index in [1.165, 1.54) is 75.1 Å². The summed E-state index contributed by atoms with van der Waals surface area (Å²) in [7, 11) is 0. The first kappa shape index (κ1) is 23.3. The maximum atomic E-state index is 12.9. The molecule has 168 valence electrons. The van der Waals surface area contributed by atoms with Crippen LogP contribution < -0.4 is 10.6 Å². The van der Waals surface area contributed by atoms with Crippen molar-refractivity contribution in [2.24, 2.45) is 11.8 Å². The van der Waals surface area contributed by atoms with Crippen LogP contribution in [0.25, 0.3) is 12.2 Å². The van der Waals surface area contributed by atoms with Crippen molar-refractivity contribution < 1.29 is 4.79 Å². The van der Waals surface area contributed by atoms with Gasteiger partial charge in [0.15, 0.2) is 5.78 Å². The van der Waals surface area contributed by atoms with Gasteiger partial charge in [0, 0.05) is 35.3 Å². The number of Topliss-reactive ketones (excluding diaryl/α,β-unsaturated/α-hetero) is 1. The fourth-order valence-electron chi connectivity index (χ4n) is 5.15. The lowest BCUT2D eigenvalue weighted by molar-refractivity contribution is 0.0962. The number of hydrogen-bond acceptors (Lipinski definition) is 2. The molecule has 0 spiro atoms. The molecule has 1 aliphatic carbocycles. The number of nitrogens with zero attached hydrogens (tertiary/aromatic N) is 2. The molecule has 0 amide bonds. The molecule has 2 aliphatic rings. The number of rotatable bonds is 11. The Balaban J connectivity index is 1.58. The number of fused-ring (bicyclic) bond motifs is 1. The van der Waals surface area contributed by atoms with E-state index in [4.69, 9.17) is 0 Å². The summed E-state index contributed by atoms with van der Waals surface area (Å²) in [5, 5.41) is 2.51. The van der Waals surface area contributed by atoms with Crippen molar-refractivity contribution in [3.8, 4) is 0 Å². The zero-order chi connectivity index (χ0) is 21.3. The zero-order valence-electron chi connectivity index (χ0n) is 19.8. The summed E-state index contributed by atoms with van der Waals surface area (Å²) in [6.45, 7) is 11.4. The predicted molar refractivity (Wildman–Crippen MR) is 128 cm³/mol. The minimum atomic E-state index is 0.330. The van der Waals surface area contributed by atoms with Crippen molar-refractivity contribution >= 4 is 17.9 Å². The Morgan fingerprint density at radius 2 is 1.93 bits per heavy atom. The number of aromatic nitrogens is 1. The molecular formula is C27H44N2O. The molecule has 0 aromatic carbocycles. The Morgan fingerprint density at radius 1 is 1.10 bits per heavy atom. The molecule has 1 aromatic heterocycles. The highest BCUT2D eigenvalue weighted by Crippen LogP contribution is 2.22. The van der Waals surface area contributed by atoms with E-state index in [9.17, 15) is 4.79 Å². The molecule has 0 bridgehead atoms. The SMILES string of the molecule is CCCCC1CCCN(CCCn2cc(C(=O)CC(C)CC)c3c2=CCCC=3)CC1. The maximum absolute atomic E-state index is 12.9. The van der Waals surface area contributed by atoms with Crippen LogP contribution in [0.5, 0.6) is 0 Å². The zero-order valence-corrected chi connectivity index (χ0v) is 19.8. The summed E-state index contributed by atoms with van der Waals surface area (Å²) in [6.07, 6.45) is 20.2. The summed E-state index contributed by atoms with van der Waals surface area (Å²) in [5.74, 6) is 1.75. The minimum Gasteiger partial charge on any atom is -0.347 e. The molecule has 1 saturated heterocycles. The average molecular weight is 413 g/mol. The Hall–Kier alpha value is -1.35. The summed E-state index contributed by atoms with van der Waals surface area (Å²) in [4.78, 5) is 15.6. The van der Waals surface area contributed by atoms with Gasteiger partial charge in [-0.1, -0.05) is 58.6 Å². The number of carbonyl (C=O) groups excluding carboxylic acids is 1. The van der Waals surface area contributed by atoms with Gasteiger partial charge in [0.05, 0.1) is 0 Å². The van der Waals surface area contributed by atoms with Gasteiger partial charge in [-0.25, -0.2) is 0 Å². The van der Waals surface area contributed by atoms with Gasteiger partial charge < -0.3 is 9.47 Å². The Morgan fingerprint density at radius 3 is 2.73 bits per heavy atom. The lowest BCUT2D eigenvalue weighted by Crippen LogP contribution is -2.34. The average Bonchev–Trinajstić information content (AvgIpc) is 2.97. The summed E-state index contributed by atoms with van der Waals surface area (Å²) >= 11 is 0. The van der Waals surface area contributed by atoms with Crippen LogP contribution in [0, 0.1) is 11.8 Å². The van der Waals surface area contributed by atoms with Crippen molar-refractivity contribution in [1.82, 2.24) is 9.47 Å². The molecule has 2 heterocycles. The first-order chi connectivity index (χ1) is 14.6. The molecule has 0 saturated carbocycles. The van der Waals surface area contributed by atoms with Crippen molar-refractivity contribution in [3.05, 3.63) is 22.3 Å². The molecule has 1 aliphatic heterocycles. The third kappa shape index (κ3) is 6.33. The van der Waals surface area contributed by atoms with E-state index in [2.05, 4.69) is 48.6 Å². The van der Waals surface area contributed by atoms with Gasteiger partial charge in [0.25, 0.3) is 0 Å². The van der Waals surface area contributed by atoms with Crippen LogP contribution in [-0.2, 0) is 6.54 Å². The van der Waals surface area contributed by atoms with E-state index in [1.54, 1.807) is 0 Å². The standard InChI is InChI=1S/C27H44N2O/c1-4-6-11-23-12-9-16-28(19-15-23)17-10-18-29-21-25(27(30)20-22(3)5-2)24-13-7-8-14-26(24)29/h13-14,21-23H,4-12,15-20H2,1-3H3. The maximum Gasteiger partial charge on any atom is 0.165 e. The summed E-state index contributed by atoms with van der Waals surface area (Å²) < 4.78 is 2.37. The van der Waals surface area contributed by atoms with Gasteiger partial charge in [0.1, 0.15) is 0 Å². The van der Waals surface area contributed by atoms with Crippen molar-refractivity contribution in [1.29, 1.82) is 0 Å². The molecule has 3 nitrogen and oxygen atoms in total. The second kappa shape index (κ2) is 11.9. The number of likely N-dealkylation sites (tertiary alicyclic amines) is 1. The lowest BCUT2D eigenvalue weighted by atomic mass is 9.95. The van der Waals surface area contributed by atoms with Crippen LogP contribution in [0.15, 0.2) is 6.20 Å². The van der Waals surface area contributed by atoms with Crippen molar-refractivity contribution in [2.45, 2.75) is 97.9 Å². The first-order valence-corrected chi connectivity index (χ1v) is 12.8. The van der Waals surface area contributed by atoms with Crippen LogP contribution in [0.4, 0.5) is 0 Å².